The number of hydrogen-bond acceptors (Lipinski definition) is 4. The van der Waals surface area contributed by atoms with Crippen LogP contribution in [0.15, 0.2) is 10.5 Å². The van der Waals surface area contributed by atoms with E-state index in [0.29, 0.717) is 30.5 Å². The van der Waals surface area contributed by atoms with Crippen LogP contribution in [0.25, 0.3) is 0 Å². The fourth-order valence-corrected chi connectivity index (χ4v) is 3.11. The van der Waals surface area contributed by atoms with Crippen molar-refractivity contribution in [3.63, 3.8) is 0 Å². The molecule has 0 atom stereocenters. The van der Waals surface area contributed by atoms with Gasteiger partial charge in [0.2, 0.25) is 0 Å². The molecular formula is C15H19BrO5. The Kier molecular flexibility index (Phi) is 4.66. The standard InChI is InChI=1S/C15H19BrO5/c1-15(2,8-11(17)18)12-13(19-3)9(16)7-10-14(12)21-6-4-5-20-10/h7H,4-6,8H2,1-3H3,(H,17,18). The van der Waals surface area contributed by atoms with Gasteiger partial charge in [-0.25, -0.2) is 0 Å². The van der Waals surface area contributed by atoms with Gasteiger partial charge in [-0.1, -0.05) is 13.8 Å². The van der Waals surface area contributed by atoms with Gasteiger partial charge < -0.3 is 19.3 Å². The Bertz CT molecular complexity index is 553. The molecule has 2 rings (SSSR count). The fourth-order valence-electron chi connectivity index (χ4n) is 2.54. The van der Waals surface area contributed by atoms with Crippen molar-refractivity contribution in [3.05, 3.63) is 16.1 Å². The van der Waals surface area contributed by atoms with E-state index >= 15 is 0 Å². The van der Waals surface area contributed by atoms with Crippen molar-refractivity contribution < 1.29 is 24.1 Å². The van der Waals surface area contributed by atoms with Crippen molar-refractivity contribution in [2.24, 2.45) is 0 Å². The zero-order chi connectivity index (χ0) is 15.6. The molecule has 0 saturated carbocycles. The van der Waals surface area contributed by atoms with Crippen molar-refractivity contribution in [2.75, 3.05) is 20.3 Å². The quantitative estimate of drug-likeness (QED) is 0.893. The van der Waals surface area contributed by atoms with Crippen molar-refractivity contribution >= 4 is 21.9 Å². The Morgan fingerprint density at radius 1 is 1.43 bits per heavy atom. The highest BCUT2D eigenvalue weighted by Gasteiger charge is 2.35. The summed E-state index contributed by atoms with van der Waals surface area (Å²) in [5.74, 6) is 0.920. The van der Waals surface area contributed by atoms with Gasteiger partial charge in [0.05, 0.1) is 31.2 Å². The van der Waals surface area contributed by atoms with Crippen LogP contribution in [0.4, 0.5) is 0 Å². The maximum atomic E-state index is 11.2. The third-order valence-electron chi connectivity index (χ3n) is 3.42. The molecule has 0 unspecified atom stereocenters. The number of methoxy groups -OCH3 is 1. The lowest BCUT2D eigenvalue weighted by molar-refractivity contribution is -0.138. The summed E-state index contributed by atoms with van der Waals surface area (Å²) in [6.07, 6.45) is 0.753. The topological polar surface area (TPSA) is 65.0 Å². The molecule has 0 radical (unpaired) electrons. The summed E-state index contributed by atoms with van der Waals surface area (Å²) >= 11 is 3.46. The Morgan fingerprint density at radius 2 is 2.10 bits per heavy atom. The third kappa shape index (κ3) is 3.26. The van der Waals surface area contributed by atoms with Crippen molar-refractivity contribution in [3.8, 4) is 17.2 Å². The average Bonchev–Trinajstić information content (AvgIpc) is 2.60. The molecule has 0 spiro atoms. The molecule has 1 aliphatic heterocycles. The van der Waals surface area contributed by atoms with Gasteiger partial charge in [0.15, 0.2) is 11.5 Å². The number of carboxylic acids is 1. The maximum Gasteiger partial charge on any atom is 0.304 e. The highest BCUT2D eigenvalue weighted by molar-refractivity contribution is 9.10. The van der Waals surface area contributed by atoms with E-state index in [1.54, 1.807) is 13.2 Å². The molecule has 1 aromatic rings. The molecule has 1 aromatic carbocycles. The van der Waals surface area contributed by atoms with Crippen molar-refractivity contribution in [1.82, 2.24) is 0 Å². The zero-order valence-corrected chi connectivity index (χ0v) is 13.9. The fraction of sp³-hybridized carbons (Fsp3) is 0.533. The molecule has 1 heterocycles. The van der Waals surface area contributed by atoms with E-state index in [2.05, 4.69) is 15.9 Å². The summed E-state index contributed by atoms with van der Waals surface area (Å²) in [5, 5.41) is 9.18. The molecular weight excluding hydrogens is 340 g/mol. The molecule has 21 heavy (non-hydrogen) atoms. The lowest BCUT2D eigenvalue weighted by Crippen LogP contribution is -2.24. The van der Waals surface area contributed by atoms with E-state index < -0.39 is 11.4 Å². The van der Waals surface area contributed by atoms with Crippen LogP contribution in [0.5, 0.6) is 17.2 Å². The van der Waals surface area contributed by atoms with Gasteiger partial charge in [-0.2, -0.15) is 0 Å². The zero-order valence-electron chi connectivity index (χ0n) is 12.4. The van der Waals surface area contributed by atoms with Gasteiger partial charge >= 0.3 is 5.97 Å². The number of carbonyl (C=O) groups is 1. The molecule has 0 fully saturated rings. The second kappa shape index (κ2) is 6.13. The Balaban J connectivity index is 2.65. The summed E-state index contributed by atoms with van der Waals surface area (Å²) in [5.41, 5.74) is 0.0670. The highest BCUT2D eigenvalue weighted by atomic mass is 79.9. The second-order valence-corrected chi connectivity index (χ2v) is 6.45. The second-order valence-electron chi connectivity index (χ2n) is 5.60. The van der Waals surface area contributed by atoms with Crippen LogP contribution in [0.1, 0.15) is 32.3 Å². The van der Waals surface area contributed by atoms with Crippen molar-refractivity contribution in [1.29, 1.82) is 0 Å². The minimum atomic E-state index is -0.870. The van der Waals surface area contributed by atoms with Crippen LogP contribution in [-0.4, -0.2) is 31.4 Å². The summed E-state index contributed by atoms with van der Waals surface area (Å²) in [6, 6.07) is 1.81. The molecule has 0 saturated heterocycles. The first-order chi connectivity index (χ1) is 9.86. The summed E-state index contributed by atoms with van der Waals surface area (Å²) in [4.78, 5) is 11.2. The number of fused-ring (bicyclic) bond motifs is 1. The van der Waals surface area contributed by atoms with Crippen molar-refractivity contribution in [2.45, 2.75) is 32.1 Å². The van der Waals surface area contributed by atoms with Crippen LogP contribution in [0.3, 0.4) is 0 Å². The van der Waals surface area contributed by atoms with E-state index in [9.17, 15) is 9.90 Å². The predicted molar refractivity (Wildman–Crippen MR) is 81.6 cm³/mol. The van der Waals surface area contributed by atoms with E-state index in [1.165, 1.54) is 0 Å². The molecule has 0 amide bonds. The first-order valence-corrected chi connectivity index (χ1v) is 7.54. The Morgan fingerprint density at radius 3 is 2.71 bits per heavy atom. The van der Waals surface area contributed by atoms with Gasteiger partial charge in [0, 0.05) is 23.5 Å². The molecule has 0 aliphatic carbocycles. The number of carboxylic acid groups (broad SMARTS) is 1. The number of rotatable bonds is 4. The monoisotopic (exact) mass is 358 g/mol. The first kappa shape index (κ1) is 15.9. The molecule has 116 valence electrons. The molecule has 0 aromatic heterocycles. The van der Waals surface area contributed by atoms with Crippen LogP contribution in [0, 0.1) is 0 Å². The van der Waals surface area contributed by atoms with E-state index in [1.807, 2.05) is 13.8 Å². The lowest BCUT2D eigenvalue weighted by atomic mass is 9.80. The van der Waals surface area contributed by atoms with Gasteiger partial charge in [-0.15, -0.1) is 0 Å². The SMILES string of the molecule is COc1c(Br)cc2c(c1C(C)(C)CC(=O)O)OCCCO2. The summed E-state index contributed by atoms with van der Waals surface area (Å²) < 4.78 is 17.7. The average molecular weight is 359 g/mol. The van der Waals surface area contributed by atoms with Crippen LogP contribution in [-0.2, 0) is 10.2 Å². The van der Waals surface area contributed by atoms with Crippen LogP contribution < -0.4 is 14.2 Å². The van der Waals surface area contributed by atoms with Gasteiger partial charge in [0.25, 0.3) is 0 Å². The number of benzene rings is 1. The molecule has 6 heteroatoms. The number of halogens is 1. The van der Waals surface area contributed by atoms with E-state index in [4.69, 9.17) is 14.2 Å². The minimum absolute atomic E-state index is 0.0321. The summed E-state index contributed by atoms with van der Waals surface area (Å²) in [7, 11) is 1.56. The van der Waals surface area contributed by atoms with Crippen LogP contribution in [0.2, 0.25) is 0 Å². The van der Waals surface area contributed by atoms with Gasteiger partial charge in [-0.05, 0) is 15.9 Å². The van der Waals surface area contributed by atoms with E-state index in [0.717, 1.165) is 16.5 Å². The molecule has 1 aliphatic rings. The molecule has 5 nitrogen and oxygen atoms in total. The number of aliphatic carboxylic acids is 1. The molecule has 1 N–H and O–H groups in total. The smallest absolute Gasteiger partial charge is 0.304 e. The summed E-state index contributed by atoms with van der Waals surface area (Å²) in [6.45, 7) is 4.83. The molecule has 0 bridgehead atoms. The number of hydrogen-bond donors (Lipinski definition) is 1. The minimum Gasteiger partial charge on any atom is -0.495 e. The third-order valence-corrected chi connectivity index (χ3v) is 4.01. The normalized spacial score (nSPS) is 14.5. The van der Waals surface area contributed by atoms with Crippen LogP contribution >= 0.6 is 15.9 Å². The van der Waals surface area contributed by atoms with E-state index in [-0.39, 0.29) is 6.42 Å². The Hall–Kier alpha value is -1.43. The largest absolute Gasteiger partial charge is 0.495 e. The number of ether oxygens (including phenoxy) is 3. The van der Waals surface area contributed by atoms with Gasteiger partial charge in [0.1, 0.15) is 5.75 Å². The maximum absolute atomic E-state index is 11.2. The highest BCUT2D eigenvalue weighted by Crippen LogP contribution is 2.50. The lowest BCUT2D eigenvalue weighted by Gasteiger charge is -2.29. The van der Waals surface area contributed by atoms with Gasteiger partial charge in [-0.3, -0.25) is 4.79 Å². The Labute approximate surface area is 132 Å². The predicted octanol–water partition coefficient (Wildman–Crippen LogP) is 3.37. The first-order valence-electron chi connectivity index (χ1n) is 6.75.